The van der Waals surface area contributed by atoms with Crippen molar-refractivity contribution >= 4 is 33.4 Å². The van der Waals surface area contributed by atoms with E-state index in [0.29, 0.717) is 16.6 Å². The second kappa shape index (κ2) is 7.79. The average molecular weight is 432 g/mol. The minimum Gasteiger partial charge on any atom is -0.497 e. The zero-order chi connectivity index (χ0) is 21.3. The summed E-state index contributed by atoms with van der Waals surface area (Å²) >= 11 is 1.19. The van der Waals surface area contributed by atoms with Gasteiger partial charge in [-0.2, -0.15) is 13.2 Å². The number of imidazole rings is 1. The van der Waals surface area contributed by atoms with Crippen LogP contribution in [0.2, 0.25) is 0 Å². The van der Waals surface area contributed by atoms with E-state index in [2.05, 4.69) is 15.3 Å². The monoisotopic (exact) mass is 432 g/mol. The molecule has 0 saturated carbocycles. The molecule has 1 amide bonds. The highest BCUT2D eigenvalue weighted by Gasteiger charge is 2.38. The first kappa shape index (κ1) is 19.9. The number of carbonyl (C=O) groups is 1. The molecule has 2 aromatic heterocycles. The van der Waals surface area contributed by atoms with Crippen molar-refractivity contribution in [3.05, 3.63) is 59.7 Å². The van der Waals surface area contributed by atoms with Gasteiger partial charge in [-0.05, 0) is 36.4 Å². The van der Waals surface area contributed by atoms with Crippen LogP contribution in [0.4, 0.5) is 18.3 Å². The summed E-state index contributed by atoms with van der Waals surface area (Å²) in [5, 5.41) is 4.61. The summed E-state index contributed by atoms with van der Waals surface area (Å²) in [6.07, 6.45) is -4.68. The van der Waals surface area contributed by atoms with Gasteiger partial charge in [0.2, 0.25) is 11.7 Å². The van der Waals surface area contributed by atoms with E-state index < -0.39 is 24.5 Å². The Morgan fingerprint density at radius 3 is 2.57 bits per heavy atom. The third-order valence-electron chi connectivity index (χ3n) is 4.35. The maximum atomic E-state index is 13.4. The number of alkyl halides is 3. The van der Waals surface area contributed by atoms with E-state index in [4.69, 9.17) is 4.74 Å². The Kier molecular flexibility index (Phi) is 5.17. The standard InChI is InChI=1S/C20H15F3N4O2S/c1-29-13-8-6-12(7-9-13)15-11-30-19(25-15)26-17(28)10-27-16-5-3-2-4-14(16)24-18(27)20(21,22)23/h2-9,11H,10H2,1H3,(H,25,26,28). The fourth-order valence-corrected chi connectivity index (χ4v) is 3.72. The van der Waals surface area contributed by atoms with Crippen LogP contribution in [-0.4, -0.2) is 27.6 Å². The molecule has 1 N–H and O–H groups in total. The molecule has 0 spiro atoms. The smallest absolute Gasteiger partial charge is 0.449 e. The third-order valence-corrected chi connectivity index (χ3v) is 5.10. The maximum Gasteiger partial charge on any atom is 0.449 e. The molecule has 4 aromatic rings. The molecule has 0 aliphatic heterocycles. The van der Waals surface area contributed by atoms with Gasteiger partial charge >= 0.3 is 6.18 Å². The van der Waals surface area contributed by atoms with Crippen LogP contribution in [0.15, 0.2) is 53.9 Å². The van der Waals surface area contributed by atoms with Crippen LogP contribution in [0.5, 0.6) is 5.75 Å². The molecule has 0 aliphatic rings. The zero-order valence-corrected chi connectivity index (χ0v) is 16.4. The second-order valence-electron chi connectivity index (χ2n) is 6.32. The zero-order valence-electron chi connectivity index (χ0n) is 15.6. The number of halogens is 3. The minimum absolute atomic E-state index is 0.175. The quantitative estimate of drug-likeness (QED) is 0.491. The summed E-state index contributed by atoms with van der Waals surface area (Å²) in [5.41, 5.74) is 1.88. The Hall–Kier alpha value is -3.40. The largest absolute Gasteiger partial charge is 0.497 e. The summed E-state index contributed by atoms with van der Waals surface area (Å²) in [5.74, 6) is -1.04. The molecule has 2 aromatic carbocycles. The molecule has 30 heavy (non-hydrogen) atoms. The van der Waals surface area contributed by atoms with Crippen molar-refractivity contribution in [2.24, 2.45) is 0 Å². The van der Waals surface area contributed by atoms with E-state index in [1.807, 2.05) is 12.1 Å². The fourth-order valence-electron chi connectivity index (χ4n) is 2.98. The molecular weight excluding hydrogens is 417 g/mol. The van der Waals surface area contributed by atoms with Crippen LogP contribution in [0.3, 0.4) is 0 Å². The van der Waals surface area contributed by atoms with Gasteiger partial charge in [-0.15, -0.1) is 11.3 Å². The van der Waals surface area contributed by atoms with Crippen molar-refractivity contribution in [1.29, 1.82) is 0 Å². The van der Waals surface area contributed by atoms with E-state index in [9.17, 15) is 18.0 Å². The van der Waals surface area contributed by atoms with Crippen LogP contribution in [0.1, 0.15) is 5.82 Å². The number of anilines is 1. The molecule has 2 heterocycles. The Bertz CT molecular complexity index is 1200. The lowest BCUT2D eigenvalue weighted by Gasteiger charge is -2.10. The number of hydrogen-bond donors (Lipinski definition) is 1. The molecule has 0 fully saturated rings. The van der Waals surface area contributed by atoms with Gasteiger partial charge in [0.1, 0.15) is 12.3 Å². The van der Waals surface area contributed by atoms with Crippen LogP contribution in [-0.2, 0) is 17.5 Å². The molecule has 0 unspecified atom stereocenters. The predicted molar refractivity (Wildman–Crippen MR) is 107 cm³/mol. The number of hydrogen-bond acceptors (Lipinski definition) is 5. The average Bonchev–Trinajstić information content (AvgIpc) is 3.33. The van der Waals surface area contributed by atoms with Gasteiger partial charge in [-0.25, -0.2) is 9.97 Å². The summed E-state index contributed by atoms with van der Waals surface area (Å²) in [6.45, 7) is -0.535. The number of benzene rings is 2. The molecule has 154 valence electrons. The lowest BCUT2D eigenvalue weighted by molar-refractivity contribution is -0.147. The normalized spacial score (nSPS) is 11.6. The SMILES string of the molecule is COc1ccc(-c2csc(NC(=O)Cn3c(C(F)(F)F)nc4ccccc43)n2)cc1. The van der Waals surface area contributed by atoms with Crippen LogP contribution >= 0.6 is 11.3 Å². The van der Waals surface area contributed by atoms with E-state index in [1.54, 1.807) is 36.8 Å². The van der Waals surface area contributed by atoms with Crippen molar-refractivity contribution in [3.63, 3.8) is 0 Å². The lowest BCUT2D eigenvalue weighted by Crippen LogP contribution is -2.23. The highest BCUT2D eigenvalue weighted by molar-refractivity contribution is 7.14. The van der Waals surface area contributed by atoms with Crippen molar-refractivity contribution in [3.8, 4) is 17.0 Å². The van der Waals surface area contributed by atoms with Crippen molar-refractivity contribution in [2.45, 2.75) is 12.7 Å². The first-order valence-corrected chi connectivity index (χ1v) is 9.65. The molecule has 0 atom stereocenters. The molecule has 6 nitrogen and oxygen atoms in total. The number of aromatic nitrogens is 3. The minimum atomic E-state index is -4.68. The number of carbonyl (C=O) groups excluding carboxylic acids is 1. The predicted octanol–water partition coefficient (Wildman–Crippen LogP) is 4.83. The van der Waals surface area contributed by atoms with Gasteiger partial charge in [0, 0.05) is 10.9 Å². The number of thiazole rings is 1. The number of para-hydroxylation sites is 2. The van der Waals surface area contributed by atoms with Gasteiger partial charge in [0.25, 0.3) is 0 Å². The maximum absolute atomic E-state index is 13.4. The van der Waals surface area contributed by atoms with Gasteiger partial charge in [0.15, 0.2) is 5.13 Å². The number of rotatable bonds is 5. The number of nitrogens with one attached hydrogen (secondary N) is 1. The highest BCUT2D eigenvalue weighted by Crippen LogP contribution is 2.32. The molecule has 0 bridgehead atoms. The highest BCUT2D eigenvalue weighted by atomic mass is 32.1. The van der Waals surface area contributed by atoms with Gasteiger partial charge in [-0.3, -0.25) is 4.79 Å². The van der Waals surface area contributed by atoms with Crippen molar-refractivity contribution in [2.75, 3.05) is 12.4 Å². The van der Waals surface area contributed by atoms with E-state index >= 15 is 0 Å². The van der Waals surface area contributed by atoms with E-state index in [-0.39, 0.29) is 11.0 Å². The Labute approximate surface area is 173 Å². The number of methoxy groups -OCH3 is 1. The van der Waals surface area contributed by atoms with Gasteiger partial charge in [-0.1, -0.05) is 12.1 Å². The third kappa shape index (κ3) is 3.99. The Balaban J connectivity index is 1.54. The molecular formula is C20H15F3N4O2S. The number of fused-ring (bicyclic) bond motifs is 1. The van der Waals surface area contributed by atoms with Crippen LogP contribution in [0.25, 0.3) is 22.3 Å². The van der Waals surface area contributed by atoms with Crippen LogP contribution < -0.4 is 10.1 Å². The summed E-state index contributed by atoms with van der Waals surface area (Å²) in [7, 11) is 1.57. The van der Waals surface area contributed by atoms with E-state index in [0.717, 1.165) is 10.1 Å². The fraction of sp³-hybridized carbons (Fsp3) is 0.150. The number of ether oxygens (including phenoxy) is 1. The topological polar surface area (TPSA) is 69.0 Å². The summed E-state index contributed by atoms with van der Waals surface area (Å²) in [4.78, 5) is 20.4. The molecule has 0 radical (unpaired) electrons. The molecule has 0 saturated heterocycles. The molecule has 10 heteroatoms. The number of nitrogens with zero attached hydrogens (tertiary/aromatic N) is 3. The number of amides is 1. The van der Waals surface area contributed by atoms with Gasteiger partial charge < -0.3 is 14.6 Å². The van der Waals surface area contributed by atoms with Crippen molar-refractivity contribution in [1.82, 2.24) is 14.5 Å². The lowest BCUT2D eigenvalue weighted by atomic mass is 10.2. The van der Waals surface area contributed by atoms with Crippen LogP contribution in [0, 0.1) is 0 Å². The van der Waals surface area contributed by atoms with E-state index in [1.165, 1.54) is 23.5 Å². The second-order valence-corrected chi connectivity index (χ2v) is 7.18. The molecule has 4 rings (SSSR count). The first-order valence-electron chi connectivity index (χ1n) is 8.77. The summed E-state index contributed by atoms with van der Waals surface area (Å²) in [6, 6.07) is 13.4. The molecule has 0 aliphatic carbocycles. The first-order chi connectivity index (χ1) is 14.3. The summed E-state index contributed by atoms with van der Waals surface area (Å²) < 4.78 is 46.1. The van der Waals surface area contributed by atoms with Crippen molar-refractivity contribution < 1.29 is 22.7 Å². The Morgan fingerprint density at radius 1 is 1.13 bits per heavy atom. The van der Waals surface area contributed by atoms with Gasteiger partial charge in [0.05, 0.1) is 23.8 Å². The Morgan fingerprint density at radius 2 is 1.87 bits per heavy atom.